The first-order valence-corrected chi connectivity index (χ1v) is 7.67. The predicted molar refractivity (Wildman–Crippen MR) is 76.5 cm³/mol. The molecule has 2 heteroatoms. The summed E-state index contributed by atoms with van der Waals surface area (Å²) in [4.78, 5) is 0. The van der Waals surface area contributed by atoms with Crippen LogP contribution in [0.1, 0.15) is 39.0 Å². The van der Waals surface area contributed by atoms with Gasteiger partial charge in [-0.15, -0.1) is 0 Å². The molecule has 1 heterocycles. The van der Waals surface area contributed by atoms with Gasteiger partial charge in [-0.25, -0.2) is 0 Å². The van der Waals surface area contributed by atoms with E-state index in [0.717, 1.165) is 23.9 Å². The SMILES string of the molecule is CC1C=CC=C2CC(NCCC3CCCN3)CC21. The van der Waals surface area contributed by atoms with E-state index in [0.29, 0.717) is 0 Å². The van der Waals surface area contributed by atoms with E-state index in [1.54, 1.807) is 5.57 Å². The van der Waals surface area contributed by atoms with E-state index in [1.165, 1.54) is 45.2 Å². The molecular weight excluding hydrogens is 220 g/mol. The zero-order valence-electron chi connectivity index (χ0n) is 11.5. The quantitative estimate of drug-likeness (QED) is 0.797. The molecule has 3 aliphatic rings. The molecule has 1 aliphatic heterocycles. The van der Waals surface area contributed by atoms with Crippen LogP contribution in [0.5, 0.6) is 0 Å². The largest absolute Gasteiger partial charge is 0.314 e. The summed E-state index contributed by atoms with van der Waals surface area (Å²) in [5.74, 6) is 1.56. The number of hydrogen-bond acceptors (Lipinski definition) is 2. The number of rotatable bonds is 4. The molecular formula is C16H26N2. The minimum atomic E-state index is 0.727. The zero-order valence-corrected chi connectivity index (χ0v) is 11.5. The maximum atomic E-state index is 3.78. The van der Waals surface area contributed by atoms with Crippen molar-refractivity contribution in [1.29, 1.82) is 0 Å². The molecule has 2 nitrogen and oxygen atoms in total. The Labute approximate surface area is 111 Å². The van der Waals surface area contributed by atoms with Crippen molar-refractivity contribution < 1.29 is 0 Å². The van der Waals surface area contributed by atoms with Gasteiger partial charge in [0.15, 0.2) is 0 Å². The Morgan fingerprint density at radius 3 is 3.17 bits per heavy atom. The molecule has 18 heavy (non-hydrogen) atoms. The van der Waals surface area contributed by atoms with Crippen LogP contribution in [0.15, 0.2) is 23.8 Å². The van der Waals surface area contributed by atoms with Crippen molar-refractivity contribution >= 4 is 0 Å². The van der Waals surface area contributed by atoms with E-state index in [4.69, 9.17) is 0 Å². The van der Waals surface area contributed by atoms with Crippen LogP contribution in [-0.2, 0) is 0 Å². The molecule has 1 saturated carbocycles. The van der Waals surface area contributed by atoms with Crippen LogP contribution in [0.2, 0.25) is 0 Å². The third kappa shape index (κ3) is 2.70. The first-order valence-electron chi connectivity index (χ1n) is 7.67. The van der Waals surface area contributed by atoms with E-state index in [-0.39, 0.29) is 0 Å². The molecule has 2 fully saturated rings. The van der Waals surface area contributed by atoms with Gasteiger partial charge in [0.1, 0.15) is 0 Å². The average Bonchev–Trinajstić information content (AvgIpc) is 2.98. The standard InChI is InChI=1S/C16H26N2/c1-12-4-2-5-13-10-15(11-16(12)13)18-9-7-14-6-3-8-17-14/h2,4-5,12,14-18H,3,6-11H2,1H3. The molecule has 0 spiro atoms. The maximum Gasteiger partial charge on any atom is 0.0110 e. The lowest BCUT2D eigenvalue weighted by Gasteiger charge is -2.20. The molecule has 3 rings (SSSR count). The molecule has 0 amide bonds. The van der Waals surface area contributed by atoms with Gasteiger partial charge in [-0.1, -0.05) is 30.7 Å². The molecule has 100 valence electrons. The lowest BCUT2D eigenvalue weighted by molar-refractivity contribution is 0.425. The Balaban J connectivity index is 1.42. The van der Waals surface area contributed by atoms with Crippen molar-refractivity contribution in [1.82, 2.24) is 10.6 Å². The van der Waals surface area contributed by atoms with Crippen molar-refractivity contribution in [3.8, 4) is 0 Å². The van der Waals surface area contributed by atoms with Gasteiger partial charge in [0.2, 0.25) is 0 Å². The first kappa shape index (κ1) is 12.4. The molecule has 0 radical (unpaired) electrons. The lowest BCUT2D eigenvalue weighted by atomic mass is 9.85. The van der Waals surface area contributed by atoms with Gasteiger partial charge in [0, 0.05) is 12.1 Å². The van der Waals surface area contributed by atoms with Crippen LogP contribution < -0.4 is 10.6 Å². The number of allylic oxidation sites excluding steroid dienone is 3. The van der Waals surface area contributed by atoms with Crippen LogP contribution >= 0.6 is 0 Å². The lowest BCUT2D eigenvalue weighted by Crippen LogP contribution is -2.32. The molecule has 4 atom stereocenters. The third-order valence-electron chi connectivity index (χ3n) is 4.94. The van der Waals surface area contributed by atoms with Gasteiger partial charge in [-0.3, -0.25) is 0 Å². The fraction of sp³-hybridized carbons (Fsp3) is 0.750. The van der Waals surface area contributed by atoms with E-state index in [9.17, 15) is 0 Å². The maximum absolute atomic E-state index is 3.78. The second-order valence-corrected chi connectivity index (χ2v) is 6.26. The van der Waals surface area contributed by atoms with Gasteiger partial charge in [0.05, 0.1) is 0 Å². The van der Waals surface area contributed by atoms with E-state index in [1.807, 2.05) is 0 Å². The summed E-state index contributed by atoms with van der Waals surface area (Å²) >= 11 is 0. The highest BCUT2D eigenvalue weighted by atomic mass is 15.0. The Morgan fingerprint density at radius 1 is 1.44 bits per heavy atom. The number of hydrogen-bond donors (Lipinski definition) is 2. The summed E-state index contributed by atoms with van der Waals surface area (Å²) in [7, 11) is 0. The zero-order chi connectivity index (χ0) is 12.4. The number of fused-ring (bicyclic) bond motifs is 1. The minimum absolute atomic E-state index is 0.727. The highest BCUT2D eigenvalue weighted by Gasteiger charge is 2.32. The van der Waals surface area contributed by atoms with Crippen LogP contribution in [0, 0.1) is 11.8 Å². The van der Waals surface area contributed by atoms with E-state index < -0.39 is 0 Å². The van der Waals surface area contributed by atoms with E-state index >= 15 is 0 Å². The van der Waals surface area contributed by atoms with Crippen LogP contribution in [-0.4, -0.2) is 25.2 Å². The smallest absolute Gasteiger partial charge is 0.0110 e. The summed E-state index contributed by atoms with van der Waals surface area (Å²) in [6.07, 6.45) is 13.6. The summed E-state index contributed by atoms with van der Waals surface area (Å²) in [6.45, 7) is 4.77. The van der Waals surface area contributed by atoms with Crippen LogP contribution in [0.4, 0.5) is 0 Å². The molecule has 2 N–H and O–H groups in total. The molecule has 0 aromatic heterocycles. The Morgan fingerprint density at radius 2 is 2.39 bits per heavy atom. The Hall–Kier alpha value is -0.600. The Kier molecular flexibility index (Phi) is 3.86. The summed E-state index contributed by atoms with van der Waals surface area (Å²) < 4.78 is 0. The predicted octanol–water partition coefficient (Wildman–Crippen LogP) is 2.63. The van der Waals surface area contributed by atoms with Crippen molar-refractivity contribution in [2.24, 2.45) is 11.8 Å². The van der Waals surface area contributed by atoms with Crippen molar-refractivity contribution in [3.63, 3.8) is 0 Å². The van der Waals surface area contributed by atoms with Gasteiger partial charge < -0.3 is 10.6 Å². The van der Waals surface area contributed by atoms with Crippen molar-refractivity contribution in [3.05, 3.63) is 23.8 Å². The molecule has 2 aliphatic carbocycles. The molecule has 0 aromatic carbocycles. The highest BCUT2D eigenvalue weighted by Crippen LogP contribution is 2.39. The van der Waals surface area contributed by atoms with Crippen LogP contribution in [0.3, 0.4) is 0 Å². The number of nitrogens with one attached hydrogen (secondary N) is 2. The van der Waals surface area contributed by atoms with E-state index in [2.05, 4.69) is 35.8 Å². The van der Waals surface area contributed by atoms with Crippen molar-refractivity contribution in [2.45, 2.75) is 51.1 Å². The summed E-state index contributed by atoms with van der Waals surface area (Å²) in [6, 6.07) is 1.51. The topological polar surface area (TPSA) is 24.1 Å². The monoisotopic (exact) mass is 246 g/mol. The first-order chi connectivity index (χ1) is 8.83. The third-order valence-corrected chi connectivity index (χ3v) is 4.94. The summed E-state index contributed by atoms with van der Waals surface area (Å²) in [5, 5.41) is 7.35. The molecule has 0 bridgehead atoms. The van der Waals surface area contributed by atoms with Crippen molar-refractivity contribution in [2.75, 3.05) is 13.1 Å². The second kappa shape index (κ2) is 5.58. The van der Waals surface area contributed by atoms with Gasteiger partial charge in [-0.2, -0.15) is 0 Å². The molecule has 1 saturated heterocycles. The minimum Gasteiger partial charge on any atom is -0.314 e. The van der Waals surface area contributed by atoms with Gasteiger partial charge >= 0.3 is 0 Å². The highest BCUT2D eigenvalue weighted by molar-refractivity contribution is 5.27. The second-order valence-electron chi connectivity index (χ2n) is 6.26. The molecule has 0 aromatic rings. The van der Waals surface area contributed by atoms with Crippen LogP contribution in [0.25, 0.3) is 0 Å². The fourth-order valence-electron chi connectivity index (χ4n) is 3.83. The van der Waals surface area contributed by atoms with Gasteiger partial charge in [-0.05, 0) is 57.0 Å². The molecule has 4 unspecified atom stereocenters. The summed E-state index contributed by atoms with van der Waals surface area (Å²) in [5.41, 5.74) is 1.68. The fourth-order valence-corrected chi connectivity index (χ4v) is 3.83. The van der Waals surface area contributed by atoms with Gasteiger partial charge in [0.25, 0.3) is 0 Å². The average molecular weight is 246 g/mol. The normalized spacial score (nSPS) is 38.8. The Bertz CT molecular complexity index is 339.